The van der Waals surface area contributed by atoms with Crippen molar-refractivity contribution in [3.8, 4) is 5.75 Å². The van der Waals surface area contributed by atoms with E-state index >= 15 is 0 Å². The fourth-order valence-corrected chi connectivity index (χ4v) is 2.77. The molecule has 0 bridgehead atoms. The molecule has 0 saturated carbocycles. The van der Waals surface area contributed by atoms with Crippen molar-refractivity contribution in [3.63, 3.8) is 0 Å². The Morgan fingerprint density at radius 3 is 2.81 bits per heavy atom. The lowest BCUT2D eigenvalue weighted by molar-refractivity contribution is -0.137. The quantitative estimate of drug-likeness (QED) is 0.906. The van der Waals surface area contributed by atoms with Crippen molar-refractivity contribution in [2.75, 3.05) is 18.4 Å². The molecule has 0 radical (unpaired) electrons. The number of para-hydroxylation sites is 1. The Hall–Kier alpha value is -1.71. The Kier molecular flexibility index (Phi) is 5.10. The molecular formula is C17H26N2O2. The number of carbonyl (C=O) groups excluding carboxylic acids is 1. The highest BCUT2D eigenvalue weighted by atomic mass is 16.5. The maximum atomic E-state index is 12.3. The van der Waals surface area contributed by atoms with Gasteiger partial charge in [-0.3, -0.25) is 4.79 Å². The SMILES string of the molecule is CCN(CC)C(=O)C(C)Oc1cccc2c1NC(C)CC2. The van der Waals surface area contributed by atoms with Crippen LogP contribution in [-0.4, -0.2) is 36.0 Å². The van der Waals surface area contributed by atoms with Crippen LogP contribution in [0.5, 0.6) is 5.75 Å². The number of likely N-dealkylation sites (N-methyl/N-ethyl adjacent to an activating group) is 1. The van der Waals surface area contributed by atoms with Gasteiger partial charge in [0, 0.05) is 19.1 Å². The second kappa shape index (κ2) is 6.83. The van der Waals surface area contributed by atoms with Crippen LogP contribution in [0, 0.1) is 0 Å². The molecule has 1 aromatic rings. The maximum absolute atomic E-state index is 12.3. The molecule has 2 unspecified atom stereocenters. The number of hydrogen-bond donors (Lipinski definition) is 1. The van der Waals surface area contributed by atoms with Crippen LogP contribution in [0.1, 0.15) is 39.7 Å². The van der Waals surface area contributed by atoms with E-state index in [2.05, 4.69) is 18.3 Å². The van der Waals surface area contributed by atoms with Gasteiger partial charge in [0.1, 0.15) is 5.75 Å². The summed E-state index contributed by atoms with van der Waals surface area (Å²) in [6, 6.07) is 6.50. The molecule has 4 nitrogen and oxygen atoms in total. The molecule has 2 rings (SSSR count). The number of amides is 1. The standard InChI is InChI=1S/C17H26N2O2/c1-5-19(6-2)17(20)13(4)21-15-9-7-8-14-11-10-12(3)18-16(14)15/h7-9,12-13,18H,5-6,10-11H2,1-4H3. The van der Waals surface area contributed by atoms with E-state index in [4.69, 9.17) is 4.74 Å². The van der Waals surface area contributed by atoms with Crippen LogP contribution in [0.4, 0.5) is 5.69 Å². The third kappa shape index (κ3) is 3.49. The zero-order chi connectivity index (χ0) is 15.4. The van der Waals surface area contributed by atoms with Gasteiger partial charge in [0.15, 0.2) is 6.10 Å². The number of fused-ring (bicyclic) bond motifs is 1. The van der Waals surface area contributed by atoms with Crippen LogP contribution in [0.25, 0.3) is 0 Å². The van der Waals surface area contributed by atoms with Crippen LogP contribution in [0.15, 0.2) is 18.2 Å². The van der Waals surface area contributed by atoms with Crippen molar-refractivity contribution in [2.24, 2.45) is 0 Å². The summed E-state index contributed by atoms with van der Waals surface area (Å²) in [6.45, 7) is 9.40. The van der Waals surface area contributed by atoms with Crippen molar-refractivity contribution >= 4 is 11.6 Å². The summed E-state index contributed by atoms with van der Waals surface area (Å²) >= 11 is 0. The van der Waals surface area contributed by atoms with Gasteiger partial charge in [0.05, 0.1) is 5.69 Å². The highest BCUT2D eigenvalue weighted by molar-refractivity contribution is 5.81. The number of ether oxygens (including phenoxy) is 1. The number of rotatable bonds is 5. The number of hydrogen-bond acceptors (Lipinski definition) is 3. The summed E-state index contributed by atoms with van der Waals surface area (Å²) in [5, 5.41) is 3.48. The second-order valence-electron chi connectivity index (χ2n) is 5.64. The minimum Gasteiger partial charge on any atom is -0.479 e. The smallest absolute Gasteiger partial charge is 0.263 e. The summed E-state index contributed by atoms with van der Waals surface area (Å²) in [5.74, 6) is 0.827. The van der Waals surface area contributed by atoms with Crippen LogP contribution >= 0.6 is 0 Å². The van der Waals surface area contributed by atoms with Gasteiger partial charge >= 0.3 is 0 Å². The van der Waals surface area contributed by atoms with Crippen LogP contribution in [-0.2, 0) is 11.2 Å². The zero-order valence-corrected chi connectivity index (χ0v) is 13.5. The lowest BCUT2D eigenvalue weighted by Gasteiger charge is -2.28. The third-order valence-electron chi connectivity index (χ3n) is 4.08. The van der Waals surface area contributed by atoms with Gasteiger partial charge in [-0.15, -0.1) is 0 Å². The van der Waals surface area contributed by atoms with Crippen molar-refractivity contribution in [2.45, 2.75) is 52.7 Å². The number of benzene rings is 1. The molecular weight excluding hydrogens is 264 g/mol. The van der Waals surface area contributed by atoms with Gasteiger partial charge < -0.3 is 15.0 Å². The molecule has 1 aromatic carbocycles. The number of aryl methyl sites for hydroxylation is 1. The summed E-state index contributed by atoms with van der Waals surface area (Å²) in [5.41, 5.74) is 2.32. The highest BCUT2D eigenvalue weighted by Gasteiger charge is 2.23. The maximum Gasteiger partial charge on any atom is 0.263 e. The van der Waals surface area contributed by atoms with Gasteiger partial charge in [0.2, 0.25) is 0 Å². The Balaban J connectivity index is 2.15. The lowest BCUT2D eigenvalue weighted by atomic mass is 9.98. The Labute approximate surface area is 127 Å². The largest absolute Gasteiger partial charge is 0.479 e. The predicted octanol–water partition coefficient (Wildman–Crippen LogP) is 3.07. The van der Waals surface area contributed by atoms with E-state index in [9.17, 15) is 4.79 Å². The molecule has 0 saturated heterocycles. The number of nitrogens with one attached hydrogen (secondary N) is 1. The molecule has 0 fully saturated rings. The summed E-state index contributed by atoms with van der Waals surface area (Å²) < 4.78 is 5.95. The molecule has 1 heterocycles. The Bertz CT molecular complexity index is 498. The van der Waals surface area contributed by atoms with E-state index in [1.54, 1.807) is 4.90 Å². The van der Waals surface area contributed by atoms with Gasteiger partial charge in [-0.1, -0.05) is 12.1 Å². The number of carbonyl (C=O) groups is 1. The van der Waals surface area contributed by atoms with E-state index in [0.29, 0.717) is 19.1 Å². The number of anilines is 1. The van der Waals surface area contributed by atoms with E-state index in [-0.39, 0.29) is 5.91 Å². The average Bonchev–Trinajstić information content (AvgIpc) is 2.49. The predicted molar refractivity (Wildman–Crippen MR) is 85.9 cm³/mol. The summed E-state index contributed by atoms with van der Waals surface area (Å²) in [7, 11) is 0. The zero-order valence-electron chi connectivity index (χ0n) is 13.5. The van der Waals surface area contributed by atoms with E-state index in [1.165, 1.54) is 5.56 Å². The van der Waals surface area contributed by atoms with Gasteiger partial charge in [-0.2, -0.15) is 0 Å². The molecule has 116 valence electrons. The number of nitrogens with zero attached hydrogens (tertiary/aromatic N) is 1. The summed E-state index contributed by atoms with van der Waals surface area (Å²) in [6.07, 6.45) is 1.72. The average molecular weight is 290 g/mol. The normalized spacial score (nSPS) is 18.4. The highest BCUT2D eigenvalue weighted by Crippen LogP contribution is 2.34. The molecule has 0 aliphatic carbocycles. The molecule has 1 aliphatic heterocycles. The molecule has 1 N–H and O–H groups in total. The first-order chi connectivity index (χ1) is 10.1. The molecule has 0 aromatic heterocycles. The molecule has 2 atom stereocenters. The fourth-order valence-electron chi connectivity index (χ4n) is 2.77. The van der Waals surface area contributed by atoms with Crippen molar-refractivity contribution in [1.82, 2.24) is 4.90 Å². The summed E-state index contributed by atoms with van der Waals surface area (Å²) in [4.78, 5) is 14.1. The van der Waals surface area contributed by atoms with Crippen LogP contribution in [0.2, 0.25) is 0 Å². The molecule has 1 aliphatic rings. The molecule has 21 heavy (non-hydrogen) atoms. The first-order valence-corrected chi connectivity index (χ1v) is 7.90. The minimum atomic E-state index is -0.463. The first kappa shape index (κ1) is 15.7. The van der Waals surface area contributed by atoms with Crippen molar-refractivity contribution in [1.29, 1.82) is 0 Å². The van der Waals surface area contributed by atoms with Crippen molar-refractivity contribution < 1.29 is 9.53 Å². The molecule has 1 amide bonds. The van der Waals surface area contributed by atoms with Crippen LogP contribution in [0.3, 0.4) is 0 Å². The monoisotopic (exact) mass is 290 g/mol. The Morgan fingerprint density at radius 2 is 2.14 bits per heavy atom. The molecule has 4 heteroatoms. The van der Waals surface area contributed by atoms with E-state index in [1.807, 2.05) is 32.9 Å². The third-order valence-corrected chi connectivity index (χ3v) is 4.08. The minimum absolute atomic E-state index is 0.0430. The van der Waals surface area contributed by atoms with E-state index < -0.39 is 6.10 Å². The van der Waals surface area contributed by atoms with Gasteiger partial charge in [0.25, 0.3) is 5.91 Å². The Morgan fingerprint density at radius 1 is 1.43 bits per heavy atom. The van der Waals surface area contributed by atoms with Crippen LogP contribution < -0.4 is 10.1 Å². The lowest BCUT2D eigenvalue weighted by Crippen LogP contribution is -2.40. The topological polar surface area (TPSA) is 41.6 Å². The van der Waals surface area contributed by atoms with E-state index in [0.717, 1.165) is 24.3 Å². The van der Waals surface area contributed by atoms with Gasteiger partial charge in [-0.25, -0.2) is 0 Å². The fraction of sp³-hybridized carbons (Fsp3) is 0.588. The first-order valence-electron chi connectivity index (χ1n) is 7.90. The van der Waals surface area contributed by atoms with Crippen molar-refractivity contribution in [3.05, 3.63) is 23.8 Å². The molecule has 0 spiro atoms. The second-order valence-corrected chi connectivity index (χ2v) is 5.64. The van der Waals surface area contributed by atoms with Gasteiger partial charge in [-0.05, 0) is 52.2 Å².